The third-order valence-electron chi connectivity index (χ3n) is 4.59. The number of rotatable bonds is 6. The lowest BCUT2D eigenvalue weighted by Gasteiger charge is -2.17. The number of aryl methyl sites for hydroxylation is 1. The van der Waals surface area contributed by atoms with E-state index in [1.807, 2.05) is 19.2 Å². The lowest BCUT2D eigenvalue weighted by atomic mass is 9.93. The van der Waals surface area contributed by atoms with Gasteiger partial charge in [-0.25, -0.2) is 4.37 Å². The summed E-state index contributed by atoms with van der Waals surface area (Å²) in [7, 11) is 0. The van der Waals surface area contributed by atoms with Gasteiger partial charge in [0.05, 0.1) is 15.3 Å². The number of allylic oxidation sites excluding steroid dienone is 1. The summed E-state index contributed by atoms with van der Waals surface area (Å²) in [5, 5.41) is 6.52. The number of ether oxygens (including phenoxy) is 1. The molecule has 28 heavy (non-hydrogen) atoms. The molecule has 0 radical (unpaired) electrons. The smallest absolute Gasteiger partial charge is 0.267 e. The van der Waals surface area contributed by atoms with E-state index < -0.39 is 5.91 Å². The van der Waals surface area contributed by atoms with E-state index in [4.69, 9.17) is 10.5 Å². The van der Waals surface area contributed by atoms with Gasteiger partial charge in [0.25, 0.3) is 11.8 Å². The predicted octanol–water partition coefficient (Wildman–Crippen LogP) is 2.35. The molecule has 3 heterocycles. The van der Waals surface area contributed by atoms with Crippen molar-refractivity contribution in [3.05, 3.63) is 45.8 Å². The topological polar surface area (TPSA) is 106 Å². The van der Waals surface area contributed by atoms with Crippen molar-refractivity contribution in [2.75, 3.05) is 13.1 Å². The monoisotopic (exact) mass is 416 g/mol. The van der Waals surface area contributed by atoms with Crippen LogP contribution in [0.1, 0.15) is 34.1 Å². The summed E-state index contributed by atoms with van der Waals surface area (Å²) in [6, 6.07) is 0. The van der Waals surface area contributed by atoms with E-state index in [1.54, 1.807) is 6.08 Å². The highest BCUT2D eigenvalue weighted by molar-refractivity contribution is 7.17. The number of fused-ring (bicyclic) bond motifs is 3. The van der Waals surface area contributed by atoms with E-state index in [1.165, 1.54) is 22.9 Å². The Hall–Kier alpha value is -2.65. The molecule has 0 fully saturated rings. The molecule has 0 spiro atoms. The quantitative estimate of drug-likeness (QED) is 0.670. The number of nitrogens with zero attached hydrogens (tertiary/aromatic N) is 1. The van der Waals surface area contributed by atoms with Crippen LogP contribution in [0.2, 0.25) is 0 Å². The summed E-state index contributed by atoms with van der Waals surface area (Å²) >= 11 is 2.66. The van der Waals surface area contributed by atoms with Crippen molar-refractivity contribution < 1.29 is 14.3 Å². The number of primary amides is 1. The van der Waals surface area contributed by atoms with Crippen LogP contribution in [0.3, 0.4) is 0 Å². The number of hydrogen-bond acceptors (Lipinski definition) is 7. The molecular weight excluding hydrogens is 396 g/mol. The third-order valence-corrected chi connectivity index (χ3v) is 6.57. The second-order valence-electron chi connectivity index (χ2n) is 6.52. The standard InChI is InChI=1S/C19H20N4O3S2/c1-2-6-22-18(25)13-8-11(5-7-21-13)26-19-14-12(16(27-19)17(20)24)4-3-10-9-23-28-15(10)14/h5,8-9,21H,2-4,6-7H2,1H3,(H2,20,24)(H,22,25). The van der Waals surface area contributed by atoms with Crippen LogP contribution in [0.25, 0.3) is 10.4 Å². The fourth-order valence-electron chi connectivity index (χ4n) is 3.26. The number of carbonyl (C=O) groups is 2. The van der Waals surface area contributed by atoms with Gasteiger partial charge in [0, 0.05) is 25.4 Å². The molecule has 0 aromatic carbocycles. The summed E-state index contributed by atoms with van der Waals surface area (Å²) in [4.78, 5) is 25.7. The van der Waals surface area contributed by atoms with Crippen LogP contribution in [0.15, 0.2) is 29.8 Å². The van der Waals surface area contributed by atoms with Crippen LogP contribution in [0, 0.1) is 0 Å². The zero-order chi connectivity index (χ0) is 19.7. The Morgan fingerprint density at radius 3 is 3.04 bits per heavy atom. The largest absolute Gasteiger partial charge is 0.446 e. The van der Waals surface area contributed by atoms with Crippen molar-refractivity contribution in [2.24, 2.45) is 5.73 Å². The maximum Gasteiger partial charge on any atom is 0.267 e. The average molecular weight is 417 g/mol. The Kier molecular flexibility index (Phi) is 5.19. The van der Waals surface area contributed by atoms with Crippen LogP contribution < -0.4 is 21.1 Å². The molecule has 2 aromatic heterocycles. The SMILES string of the molecule is CCCNC(=O)C1=CC(Oc2sc(C(N)=O)c3c2-c2sncc2CC3)=CCN1. The Morgan fingerprint density at radius 2 is 2.25 bits per heavy atom. The first kappa shape index (κ1) is 18.7. The number of hydrogen-bond donors (Lipinski definition) is 3. The third kappa shape index (κ3) is 3.43. The highest BCUT2D eigenvalue weighted by Gasteiger charge is 2.30. The summed E-state index contributed by atoms with van der Waals surface area (Å²) in [5.41, 5.74) is 9.07. The summed E-state index contributed by atoms with van der Waals surface area (Å²) < 4.78 is 10.4. The van der Waals surface area contributed by atoms with Gasteiger partial charge in [-0.2, -0.15) is 0 Å². The van der Waals surface area contributed by atoms with E-state index >= 15 is 0 Å². The number of thiophene rings is 1. The fraction of sp³-hybridized carbons (Fsp3) is 0.316. The van der Waals surface area contributed by atoms with Crippen molar-refractivity contribution >= 4 is 34.7 Å². The average Bonchev–Trinajstić information content (AvgIpc) is 3.30. The number of amides is 2. The van der Waals surface area contributed by atoms with Gasteiger partial charge in [-0.15, -0.1) is 0 Å². The zero-order valence-corrected chi connectivity index (χ0v) is 17.0. The lowest BCUT2D eigenvalue weighted by Crippen LogP contribution is -2.34. The summed E-state index contributed by atoms with van der Waals surface area (Å²) in [6.07, 6.45) is 7.86. The van der Waals surface area contributed by atoms with Gasteiger partial charge in [0.15, 0.2) is 5.06 Å². The maximum atomic E-state index is 12.2. The highest BCUT2D eigenvalue weighted by atomic mass is 32.1. The van der Waals surface area contributed by atoms with E-state index in [0.717, 1.165) is 40.8 Å². The normalized spacial score (nSPS) is 14.9. The van der Waals surface area contributed by atoms with Gasteiger partial charge < -0.3 is 21.1 Å². The molecule has 2 aromatic rings. The Balaban J connectivity index is 1.66. The molecular formula is C19H20N4O3S2. The molecule has 0 bridgehead atoms. The van der Waals surface area contributed by atoms with E-state index in [0.29, 0.717) is 34.5 Å². The second-order valence-corrected chi connectivity index (χ2v) is 8.30. The first-order chi connectivity index (χ1) is 13.6. The molecule has 1 aliphatic carbocycles. The molecule has 0 saturated carbocycles. The molecule has 7 nitrogen and oxygen atoms in total. The van der Waals surface area contributed by atoms with Gasteiger partial charge in [0.2, 0.25) is 0 Å². The molecule has 1 aliphatic heterocycles. The molecule has 0 unspecified atom stereocenters. The number of dihydropyridines is 1. The second kappa shape index (κ2) is 7.76. The van der Waals surface area contributed by atoms with Gasteiger partial charge >= 0.3 is 0 Å². The Bertz CT molecular complexity index is 1000. The minimum absolute atomic E-state index is 0.160. The van der Waals surface area contributed by atoms with Crippen LogP contribution in [0.5, 0.6) is 5.06 Å². The number of nitrogens with two attached hydrogens (primary N) is 1. The van der Waals surface area contributed by atoms with Crippen LogP contribution >= 0.6 is 22.9 Å². The molecule has 9 heteroatoms. The van der Waals surface area contributed by atoms with Gasteiger partial charge in [-0.05, 0) is 48.0 Å². The van der Waals surface area contributed by atoms with Gasteiger partial charge in [0.1, 0.15) is 11.5 Å². The van der Waals surface area contributed by atoms with Crippen LogP contribution in [0.4, 0.5) is 0 Å². The maximum absolute atomic E-state index is 12.2. The number of carbonyl (C=O) groups excluding carboxylic acids is 2. The van der Waals surface area contributed by atoms with Crippen LogP contribution in [-0.2, 0) is 17.6 Å². The first-order valence-electron chi connectivity index (χ1n) is 9.09. The molecule has 2 amide bonds. The van der Waals surface area contributed by atoms with Crippen molar-refractivity contribution in [1.82, 2.24) is 15.0 Å². The van der Waals surface area contributed by atoms with Crippen LogP contribution in [-0.4, -0.2) is 29.3 Å². The van der Waals surface area contributed by atoms with Crippen molar-refractivity contribution in [3.63, 3.8) is 0 Å². The van der Waals surface area contributed by atoms with Gasteiger partial charge in [-0.3, -0.25) is 9.59 Å². The molecule has 0 saturated heterocycles. The Labute approximate surface area is 170 Å². The molecule has 4 rings (SSSR count). The van der Waals surface area contributed by atoms with E-state index in [-0.39, 0.29) is 5.91 Å². The van der Waals surface area contributed by atoms with Gasteiger partial charge in [-0.1, -0.05) is 18.3 Å². The van der Waals surface area contributed by atoms with Crippen molar-refractivity contribution in [1.29, 1.82) is 0 Å². The number of aromatic nitrogens is 1. The molecule has 146 valence electrons. The molecule has 4 N–H and O–H groups in total. The summed E-state index contributed by atoms with van der Waals surface area (Å²) in [5.74, 6) is -0.0394. The highest BCUT2D eigenvalue weighted by Crippen LogP contribution is 2.49. The minimum Gasteiger partial charge on any atom is -0.446 e. The first-order valence-corrected chi connectivity index (χ1v) is 10.7. The minimum atomic E-state index is -0.446. The van der Waals surface area contributed by atoms with E-state index in [9.17, 15) is 9.59 Å². The molecule has 0 atom stereocenters. The van der Waals surface area contributed by atoms with E-state index in [2.05, 4.69) is 15.0 Å². The van der Waals surface area contributed by atoms with Crippen molar-refractivity contribution in [2.45, 2.75) is 26.2 Å². The fourth-order valence-corrected chi connectivity index (χ4v) is 5.26. The Morgan fingerprint density at radius 1 is 1.39 bits per heavy atom. The summed E-state index contributed by atoms with van der Waals surface area (Å²) in [6.45, 7) is 3.11. The number of nitrogens with one attached hydrogen (secondary N) is 2. The van der Waals surface area contributed by atoms with Crippen molar-refractivity contribution in [3.8, 4) is 15.5 Å². The predicted molar refractivity (Wildman–Crippen MR) is 109 cm³/mol. The zero-order valence-electron chi connectivity index (χ0n) is 15.3. The lowest BCUT2D eigenvalue weighted by molar-refractivity contribution is -0.117. The molecule has 2 aliphatic rings.